The summed E-state index contributed by atoms with van der Waals surface area (Å²) in [6.45, 7) is 5.32. The summed E-state index contributed by atoms with van der Waals surface area (Å²) in [7, 11) is 1.31. The Bertz CT molecular complexity index is 727. The minimum atomic E-state index is -0.617. The molecular weight excluding hydrogens is 298 g/mol. The molecule has 0 radical (unpaired) electrons. The number of rotatable bonds is 3. The number of nitrogen functional groups attached to an aromatic ring is 1. The van der Waals surface area contributed by atoms with Gasteiger partial charge in [0, 0.05) is 0 Å². The number of esters is 2. The predicted octanol–water partition coefficient (Wildman–Crippen LogP) is 2.20. The van der Waals surface area contributed by atoms with Crippen molar-refractivity contribution in [3.8, 4) is 5.69 Å². The molecule has 1 aromatic carbocycles. The number of hydrogen-bond donors (Lipinski definition) is 1. The highest BCUT2D eigenvalue weighted by molar-refractivity contribution is 5.94. The quantitative estimate of drug-likeness (QED) is 0.872. The Kier molecular flexibility index (Phi) is 4.40. The fourth-order valence-electron chi connectivity index (χ4n) is 1.91. The van der Waals surface area contributed by atoms with Crippen molar-refractivity contribution < 1.29 is 19.1 Å². The molecule has 1 heterocycles. The van der Waals surface area contributed by atoms with Gasteiger partial charge in [0.05, 0.1) is 24.6 Å². The number of ether oxygens (including phenoxy) is 2. The van der Waals surface area contributed by atoms with E-state index in [2.05, 4.69) is 9.84 Å². The van der Waals surface area contributed by atoms with Crippen LogP contribution in [0.25, 0.3) is 5.69 Å². The maximum absolute atomic E-state index is 12.1. The lowest BCUT2D eigenvalue weighted by Gasteiger charge is -2.19. The Morgan fingerprint density at radius 2 is 1.74 bits per heavy atom. The molecule has 0 aliphatic rings. The van der Waals surface area contributed by atoms with Crippen LogP contribution in [0.5, 0.6) is 0 Å². The molecule has 0 atom stereocenters. The zero-order valence-corrected chi connectivity index (χ0v) is 13.5. The largest absolute Gasteiger partial charge is 0.465 e. The molecule has 7 heteroatoms. The van der Waals surface area contributed by atoms with Gasteiger partial charge in [-0.05, 0) is 45.0 Å². The van der Waals surface area contributed by atoms with Gasteiger partial charge in [0.15, 0.2) is 0 Å². The van der Waals surface area contributed by atoms with E-state index in [1.165, 1.54) is 18.0 Å². The van der Waals surface area contributed by atoms with Crippen molar-refractivity contribution in [3.63, 3.8) is 0 Å². The van der Waals surface area contributed by atoms with Crippen LogP contribution in [0.1, 0.15) is 41.5 Å². The molecule has 0 fully saturated rings. The zero-order valence-electron chi connectivity index (χ0n) is 13.5. The number of aromatic nitrogens is 2. The molecule has 1 aromatic heterocycles. The van der Waals surface area contributed by atoms with Crippen molar-refractivity contribution in [1.82, 2.24) is 9.78 Å². The van der Waals surface area contributed by atoms with E-state index in [4.69, 9.17) is 10.5 Å². The standard InChI is InChI=1S/C16H19N3O4/c1-16(2,3)23-15(21)12-9-18-19(13(12)17)11-7-5-10(6-8-11)14(20)22-4/h5-9H,17H2,1-4H3. The first-order valence-electron chi connectivity index (χ1n) is 6.98. The van der Waals surface area contributed by atoms with Gasteiger partial charge in [0.1, 0.15) is 17.0 Å². The average molecular weight is 317 g/mol. The Morgan fingerprint density at radius 1 is 1.13 bits per heavy atom. The first kappa shape index (κ1) is 16.5. The topological polar surface area (TPSA) is 96.4 Å². The minimum Gasteiger partial charge on any atom is -0.465 e. The van der Waals surface area contributed by atoms with Crippen LogP contribution >= 0.6 is 0 Å². The van der Waals surface area contributed by atoms with Crippen molar-refractivity contribution in [3.05, 3.63) is 41.6 Å². The van der Waals surface area contributed by atoms with Gasteiger partial charge in [0.2, 0.25) is 0 Å². The minimum absolute atomic E-state index is 0.171. The second-order valence-electron chi connectivity index (χ2n) is 5.90. The molecule has 7 nitrogen and oxygen atoms in total. The van der Waals surface area contributed by atoms with Crippen LogP contribution in [0.4, 0.5) is 5.82 Å². The lowest BCUT2D eigenvalue weighted by molar-refractivity contribution is 0.00706. The lowest BCUT2D eigenvalue weighted by atomic mass is 10.2. The summed E-state index contributed by atoms with van der Waals surface area (Å²) in [5.41, 5.74) is 6.59. The molecule has 122 valence electrons. The molecule has 0 amide bonds. The molecule has 0 saturated heterocycles. The smallest absolute Gasteiger partial charge is 0.344 e. The SMILES string of the molecule is COC(=O)c1ccc(-n2ncc(C(=O)OC(C)(C)C)c2N)cc1. The predicted molar refractivity (Wildman–Crippen MR) is 84.5 cm³/mol. The monoisotopic (exact) mass is 317 g/mol. The van der Waals surface area contributed by atoms with Gasteiger partial charge in [-0.2, -0.15) is 5.10 Å². The summed E-state index contributed by atoms with van der Waals surface area (Å²) >= 11 is 0. The van der Waals surface area contributed by atoms with E-state index < -0.39 is 17.5 Å². The third-order valence-electron chi connectivity index (χ3n) is 2.96. The molecule has 0 aliphatic carbocycles. The highest BCUT2D eigenvalue weighted by atomic mass is 16.6. The number of methoxy groups -OCH3 is 1. The molecule has 0 aliphatic heterocycles. The number of carbonyl (C=O) groups excluding carboxylic acids is 2. The summed E-state index contributed by atoms with van der Waals surface area (Å²) in [5, 5.41) is 4.11. The van der Waals surface area contributed by atoms with E-state index >= 15 is 0 Å². The molecule has 0 spiro atoms. The number of anilines is 1. The summed E-state index contributed by atoms with van der Waals surface area (Å²) in [6, 6.07) is 6.51. The van der Waals surface area contributed by atoms with Crippen LogP contribution in [-0.4, -0.2) is 34.4 Å². The van der Waals surface area contributed by atoms with Crippen LogP contribution in [0.3, 0.4) is 0 Å². The van der Waals surface area contributed by atoms with E-state index in [9.17, 15) is 9.59 Å². The number of nitrogens with zero attached hydrogens (tertiary/aromatic N) is 2. The van der Waals surface area contributed by atoms with Gasteiger partial charge in [-0.3, -0.25) is 0 Å². The Labute approximate surface area is 134 Å². The highest BCUT2D eigenvalue weighted by Crippen LogP contribution is 2.20. The Hall–Kier alpha value is -2.83. The third-order valence-corrected chi connectivity index (χ3v) is 2.96. The lowest BCUT2D eigenvalue weighted by Crippen LogP contribution is -2.24. The fraction of sp³-hybridized carbons (Fsp3) is 0.312. The molecule has 2 aromatic rings. The van der Waals surface area contributed by atoms with Crippen molar-refractivity contribution in [2.75, 3.05) is 12.8 Å². The molecule has 2 rings (SSSR count). The van der Waals surface area contributed by atoms with Crippen molar-refractivity contribution in [2.45, 2.75) is 26.4 Å². The maximum Gasteiger partial charge on any atom is 0.344 e. The fourth-order valence-corrected chi connectivity index (χ4v) is 1.91. The summed E-state index contributed by atoms with van der Waals surface area (Å²) in [6.07, 6.45) is 1.36. The van der Waals surface area contributed by atoms with E-state index in [1.54, 1.807) is 45.0 Å². The van der Waals surface area contributed by atoms with Gasteiger partial charge in [-0.1, -0.05) is 0 Å². The van der Waals surface area contributed by atoms with Gasteiger partial charge in [-0.25, -0.2) is 14.3 Å². The van der Waals surface area contributed by atoms with E-state index in [0.29, 0.717) is 11.3 Å². The van der Waals surface area contributed by atoms with Crippen LogP contribution in [0, 0.1) is 0 Å². The highest BCUT2D eigenvalue weighted by Gasteiger charge is 2.22. The summed E-state index contributed by atoms with van der Waals surface area (Å²) in [5.74, 6) is -0.795. The molecular formula is C16H19N3O4. The molecule has 2 N–H and O–H groups in total. The first-order chi connectivity index (χ1) is 10.7. The van der Waals surface area contributed by atoms with Crippen molar-refractivity contribution in [1.29, 1.82) is 0 Å². The Morgan fingerprint density at radius 3 is 2.26 bits per heavy atom. The van der Waals surface area contributed by atoms with E-state index in [1.807, 2.05) is 0 Å². The molecule has 23 heavy (non-hydrogen) atoms. The van der Waals surface area contributed by atoms with Crippen LogP contribution < -0.4 is 5.73 Å². The Balaban J connectivity index is 2.28. The van der Waals surface area contributed by atoms with Crippen LogP contribution in [0.2, 0.25) is 0 Å². The zero-order chi connectivity index (χ0) is 17.2. The average Bonchev–Trinajstić information content (AvgIpc) is 2.86. The second kappa shape index (κ2) is 6.12. The number of hydrogen-bond acceptors (Lipinski definition) is 6. The van der Waals surface area contributed by atoms with Crippen LogP contribution in [0.15, 0.2) is 30.5 Å². The molecule has 0 bridgehead atoms. The molecule has 0 unspecified atom stereocenters. The molecule has 0 saturated carbocycles. The van der Waals surface area contributed by atoms with E-state index in [-0.39, 0.29) is 11.4 Å². The second-order valence-corrected chi connectivity index (χ2v) is 5.90. The summed E-state index contributed by atoms with van der Waals surface area (Å²) < 4.78 is 11.3. The van der Waals surface area contributed by atoms with E-state index in [0.717, 1.165) is 0 Å². The summed E-state index contributed by atoms with van der Waals surface area (Å²) in [4.78, 5) is 23.5. The van der Waals surface area contributed by atoms with Crippen LogP contribution in [-0.2, 0) is 9.47 Å². The normalized spacial score (nSPS) is 11.1. The van der Waals surface area contributed by atoms with Gasteiger partial charge < -0.3 is 15.2 Å². The van der Waals surface area contributed by atoms with Gasteiger partial charge in [-0.15, -0.1) is 0 Å². The number of carbonyl (C=O) groups is 2. The van der Waals surface area contributed by atoms with Gasteiger partial charge in [0.25, 0.3) is 0 Å². The van der Waals surface area contributed by atoms with Gasteiger partial charge >= 0.3 is 11.9 Å². The maximum atomic E-state index is 12.1. The number of nitrogens with two attached hydrogens (primary N) is 1. The third kappa shape index (κ3) is 3.68. The first-order valence-corrected chi connectivity index (χ1v) is 6.98. The van der Waals surface area contributed by atoms with Crippen molar-refractivity contribution >= 4 is 17.8 Å². The number of benzene rings is 1. The van der Waals surface area contributed by atoms with Crippen molar-refractivity contribution in [2.24, 2.45) is 0 Å².